The van der Waals surface area contributed by atoms with Crippen LogP contribution >= 0.6 is 7.82 Å². The molecule has 0 heterocycles. The van der Waals surface area contributed by atoms with E-state index in [1.807, 2.05) is 27.2 Å². The van der Waals surface area contributed by atoms with E-state index in [2.05, 4.69) is 79.9 Å². The minimum atomic E-state index is -4.34. The van der Waals surface area contributed by atoms with Crippen LogP contribution in [0.4, 0.5) is 0 Å². The number of carbonyl (C=O) groups is 1. The first-order chi connectivity index (χ1) is 34.0. The molecule has 0 aliphatic rings. The van der Waals surface area contributed by atoms with E-state index in [0.717, 1.165) is 64.2 Å². The molecule has 408 valence electrons. The average molecular weight is 1000 g/mol. The molecule has 0 saturated heterocycles. The van der Waals surface area contributed by atoms with Crippen molar-refractivity contribution in [1.82, 2.24) is 5.32 Å². The Bertz CT molecular complexity index is 1370. The summed E-state index contributed by atoms with van der Waals surface area (Å²) in [6.07, 6.45) is 72.0. The molecule has 0 aromatic heterocycles. The Morgan fingerprint density at radius 3 is 1.31 bits per heavy atom. The third-order valence-corrected chi connectivity index (χ3v) is 13.9. The van der Waals surface area contributed by atoms with Gasteiger partial charge in [0.15, 0.2) is 0 Å². The van der Waals surface area contributed by atoms with Gasteiger partial charge in [0.25, 0.3) is 0 Å². The van der Waals surface area contributed by atoms with Crippen molar-refractivity contribution >= 4 is 13.7 Å². The number of aliphatic hydroxyl groups is 1. The molecule has 0 aliphatic carbocycles. The lowest BCUT2D eigenvalue weighted by Crippen LogP contribution is -2.45. The van der Waals surface area contributed by atoms with Gasteiger partial charge in [0, 0.05) is 6.42 Å². The van der Waals surface area contributed by atoms with E-state index < -0.39 is 20.0 Å². The van der Waals surface area contributed by atoms with Crippen LogP contribution in [0.3, 0.4) is 0 Å². The number of nitrogens with one attached hydrogen (secondary N) is 1. The molecule has 0 aromatic carbocycles. The van der Waals surface area contributed by atoms with Gasteiger partial charge in [-0.15, -0.1) is 0 Å². The molecule has 0 aromatic rings. The highest BCUT2D eigenvalue weighted by Crippen LogP contribution is 2.43. The molecule has 0 radical (unpaired) electrons. The molecular weight excluding hydrogens is 888 g/mol. The van der Waals surface area contributed by atoms with E-state index >= 15 is 0 Å². The van der Waals surface area contributed by atoms with Gasteiger partial charge < -0.3 is 19.8 Å². The first-order valence-corrected chi connectivity index (χ1v) is 30.8. The minimum absolute atomic E-state index is 0.0557. The van der Waals surface area contributed by atoms with Crippen LogP contribution in [0.5, 0.6) is 0 Å². The number of unbranched alkanes of at least 4 members (excludes halogenated alkanes) is 30. The molecule has 0 fully saturated rings. The predicted octanol–water partition coefficient (Wildman–Crippen LogP) is 17.9. The molecule has 0 aliphatic heterocycles. The number of phosphoric acid groups is 1. The molecular formula is C61H114N2O6P+. The lowest BCUT2D eigenvalue weighted by molar-refractivity contribution is -0.870. The molecule has 0 saturated carbocycles. The summed E-state index contributed by atoms with van der Waals surface area (Å²) in [4.78, 5) is 23.2. The molecule has 3 N–H and O–H groups in total. The average Bonchev–Trinajstić information content (AvgIpc) is 3.32. The third-order valence-electron chi connectivity index (χ3n) is 12.9. The van der Waals surface area contributed by atoms with Gasteiger partial charge in [-0.1, -0.05) is 254 Å². The molecule has 1 amide bonds. The summed E-state index contributed by atoms with van der Waals surface area (Å²) < 4.78 is 23.5. The van der Waals surface area contributed by atoms with Gasteiger partial charge in [0.1, 0.15) is 13.2 Å². The highest BCUT2D eigenvalue weighted by molar-refractivity contribution is 7.47. The smallest absolute Gasteiger partial charge is 0.387 e. The number of hydrogen-bond acceptors (Lipinski definition) is 5. The molecule has 70 heavy (non-hydrogen) atoms. The largest absolute Gasteiger partial charge is 0.472 e. The second kappa shape index (κ2) is 51.8. The summed E-state index contributed by atoms with van der Waals surface area (Å²) >= 11 is 0. The molecule has 8 nitrogen and oxygen atoms in total. The van der Waals surface area contributed by atoms with Crippen molar-refractivity contribution in [2.24, 2.45) is 0 Å². The van der Waals surface area contributed by atoms with Gasteiger partial charge in [0.05, 0.1) is 39.9 Å². The SMILES string of the molecule is CC/C=C\C/C=C\C/C=C\C/C=C\CCCCCCCCCCCCCCCCCCCCCCCCCCCCC(=O)NC(COP(=O)(O)OCC[N+](C)(C)C)C(O)/C=C/CC/C=C/CCCCC. The van der Waals surface area contributed by atoms with Crippen molar-refractivity contribution in [1.29, 1.82) is 0 Å². The predicted molar refractivity (Wildman–Crippen MR) is 304 cm³/mol. The van der Waals surface area contributed by atoms with E-state index in [4.69, 9.17) is 9.05 Å². The Labute approximate surface area is 434 Å². The first kappa shape index (κ1) is 67.9. The monoisotopic (exact) mass is 1000 g/mol. The summed E-state index contributed by atoms with van der Waals surface area (Å²) in [6, 6.07) is -0.861. The van der Waals surface area contributed by atoms with E-state index in [1.54, 1.807) is 6.08 Å². The van der Waals surface area contributed by atoms with Crippen LogP contribution in [-0.4, -0.2) is 73.4 Å². The maximum absolute atomic E-state index is 12.9. The second-order valence-electron chi connectivity index (χ2n) is 21.0. The highest BCUT2D eigenvalue weighted by atomic mass is 31.2. The number of phosphoric ester groups is 1. The van der Waals surface area contributed by atoms with Gasteiger partial charge in [-0.3, -0.25) is 13.8 Å². The Hall–Kier alpha value is -2.06. The lowest BCUT2D eigenvalue weighted by atomic mass is 10.0. The number of nitrogens with zero attached hydrogens (tertiary/aromatic N) is 1. The molecule has 0 spiro atoms. The summed E-state index contributed by atoms with van der Waals surface area (Å²) in [5.41, 5.74) is 0. The summed E-state index contributed by atoms with van der Waals surface area (Å²) in [5.74, 6) is -0.187. The summed E-state index contributed by atoms with van der Waals surface area (Å²) in [6.45, 7) is 4.63. The van der Waals surface area contributed by atoms with Crippen LogP contribution in [0.15, 0.2) is 72.9 Å². The molecule has 3 unspecified atom stereocenters. The number of likely N-dealkylation sites (N-methyl/N-ethyl adjacent to an activating group) is 1. The Morgan fingerprint density at radius 2 is 0.871 bits per heavy atom. The molecule has 0 rings (SSSR count). The van der Waals surface area contributed by atoms with Crippen molar-refractivity contribution in [3.8, 4) is 0 Å². The number of hydrogen-bond donors (Lipinski definition) is 3. The van der Waals surface area contributed by atoms with Gasteiger partial charge in [-0.25, -0.2) is 4.57 Å². The van der Waals surface area contributed by atoms with E-state index in [0.29, 0.717) is 17.4 Å². The van der Waals surface area contributed by atoms with Crippen molar-refractivity contribution in [2.45, 2.75) is 270 Å². The van der Waals surface area contributed by atoms with Gasteiger partial charge in [0.2, 0.25) is 5.91 Å². The zero-order valence-electron chi connectivity index (χ0n) is 46.5. The van der Waals surface area contributed by atoms with Crippen molar-refractivity contribution in [3.05, 3.63) is 72.9 Å². The standard InChI is InChI=1S/C61H113N2O6P/c1-6-8-10-12-14-16-17-18-19-20-21-22-23-24-25-26-27-28-29-30-31-32-33-34-35-36-37-38-39-40-41-42-43-44-45-47-49-51-53-55-61(65)62-59(58-69-70(66,67)68-57-56-63(3,4)5)60(64)54-52-50-48-46-15-13-11-9-7-2/h8,10,14-16,18-19,21-22,46,52,54,59-60,64H,6-7,9,11-13,17,20,23-45,47-51,53,55-58H2,1-5H3,(H-,62,65,66,67)/p+1/b10-8-,16-14-,19-18-,22-21-,46-15+,54-52+. The fourth-order valence-corrected chi connectivity index (χ4v) is 9.08. The Kier molecular flexibility index (Phi) is 50.3. The van der Waals surface area contributed by atoms with Crippen molar-refractivity contribution in [2.75, 3.05) is 40.9 Å². The lowest BCUT2D eigenvalue weighted by Gasteiger charge is -2.25. The van der Waals surface area contributed by atoms with E-state index in [1.165, 1.54) is 173 Å². The second-order valence-corrected chi connectivity index (χ2v) is 22.4. The number of quaternary nitrogens is 1. The normalized spacial score (nSPS) is 14.4. The van der Waals surface area contributed by atoms with Gasteiger partial charge >= 0.3 is 7.82 Å². The number of allylic oxidation sites excluding steroid dienone is 11. The molecule has 3 atom stereocenters. The Morgan fingerprint density at radius 1 is 0.500 bits per heavy atom. The Balaban J connectivity index is 3.81. The van der Waals surface area contributed by atoms with Crippen LogP contribution in [0, 0.1) is 0 Å². The zero-order chi connectivity index (χ0) is 51.3. The number of rotatable bonds is 53. The van der Waals surface area contributed by atoms with Gasteiger partial charge in [-0.05, 0) is 70.6 Å². The van der Waals surface area contributed by atoms with Crippen LogP contribution in [0.2, 0.25) is 0 Å². The van der Waals surface area contributed by atoms with Crippen molar-refractivity contribution < 1.29 is 32.9 Å². The maximum Gasteiger partial charge on any atom is 0.472 e. The van der Waals surface area contributed by atoms with Gasteiger partial charge in [-0.2, -0.15) is 0 Å². The van der Waals surface area contributed by atoms with Crippen LogP contribution in [-0.2, 0) is 18.4 Å². The minimum Gasteiger partial charge on any atom is -0.387 e. The fraction of sp³-hybridized carbons (Fsp3) is 0.787. The van der Waals surface area contributed by atoms with Crippen LogP contribution in [0.25, 0.3) is 0 Å². The van der Waals surface area contributed by atoms with E-state index in [9.17, 15) is 19.4 Å². The quantitative estimate of drug-likeness (QED) is 0.0243. The van der Waals surface area contributed by atoms with Crippen LogP contribution < -0.4 is 5.32 Å². The number of amides is 1. The van der Waals surface area contributed by atoms with Crippen LogP contribution in [0.1, 0.15) is 258 Å². The summed E-state index contributed by atoms with van der Waals surface area (Å²) in [5, 5.41) is 13.8. The maximum atomic E-state index is 12.9. The summed E-state index contributed by atoms with van der Waals surface area (Å²) in [7, 11) is 1.56. The number of aliphatic hydroxyl groups excluding tert-OH is 1. The highest BCUT2D eigenvalue weighted by Gasteiger charge is 2.27. The topological polar surface area (TPSA) is 105 Å². The molecule has 9 heteroatoms. The third kappa shape index (κ3) is 53.7. The van der Waals surface area contributed by atoms with E-state index in [-0.39, 0.29) is 19.1 Å². The zero-order valence-corrected chi connectivity index (χ0v) is 47.4. The number of carbonyl (C=O) groups excluding carboxylic acids is 1. The molecule has 0 bridgehead atoms. The first-order valence-electron chi connectivity index (χ1n) is 29.3. The fourth-order valence-electron chi connectivity index (χ4n) is 8.34. The van der Waals surface area contributed by atoms with Crippen molar-refractivity contribution in [3.63, 3.8) is 0 Å².